The number of thiazole rings is 1. The first-order valence-corrected chi connectivity index (χ1v) is 7.08. The van der Waals surface area contributed by atoms with Crippen LogP contribution in [0.3, 0.4) is 0 Å². The van der Waals surface area contributed by atoms with Crippen molar-refractivity contribution in [2.45, 2.75) is 18.1 Å². The Balaban J connectivity index is 3.56. The molecule has 0 radical (unpaired) electrons. The number of halogens is 1. The summed E-state index contributed by atoms with van der Waals surface area (Å²) in [4.78, 5) is 14.8. The average molecular weight is 256 g/mol. The molecule has 1 atom stereocenters. The fourth-order valence-corrected chi connectivity index (χ4v) is 4.53. The molecule has 1 aromatic rings. The van der Waals surface area contributed by atoms with E-state index in [0.717, 1.165) is 0 Å². The van der Waals surface area contributed by atoms with Gasteiger partial charge in [-0.2, -0.15) is 4.98 Å². The zero-order valence-corrected chi connectivity index (χ0v) is 9.83. The van der Waals surface area contributed by atoms with Gasteiger partial charge in [0.25, 0.3) is 0 Å². The molecule has 0 aliphatic heterocycles. The molecule has 1 aromatic heterocycles. The molecule has 78 valence electrons. The summed E-state index contributed by atoms with van der Waals surface area (Å²) in [6, 6.07) is 0. The van der Waals surface area contributed by atoms with Crippen molar-refractivity contribution in [1.82, 2.24) is 4.98 Å². The van der Waals surface area contributed by atoms with Gasteiger partial charge in [-0.25, -0.2) is 8.42 Å². The molecule has 0 aliphatic rings. The van der Waals surface area contributed by atoms with E-state index in [-0.39, 0.29) is 20.7 Å². The van der Waals surface area contributed by atoms with Crippen LogP contribution in [-0.2, 0) is 9.05 Å². The Hall–Kier alpha value is -0.500. The molecule has 5 nitrogen and oxygen atoms in total. The lowest BCUT2D eigenvalue weighted by Crippen LogP contribution is -1.98. The number of carbonyl (C=O) groups excluding carboxylic acids is 1. The number of nitrogens with two attached hydrogens (primary N) is 1. The monoisotopic (exact) mass is 255 g/mol. The molecule has 0 saturated heterocycles. The summed E-state index contributed by atoms with van der Waals surface area (Å²) in [7, 11) is -0.0570. The maximum Gasteiger partial charge on any atom is 0.332 e. The number of carbonyl (C=O) groups is 1. The number of hydrogen-bond acceptors (Lipinski definition) is 5. The van der Waals surface area contributed by atoms with E-state index in [2.05, 4.69) is 4.98 Å². The van der Waals surface area contributed by atoms with Crippen LogP contribution in [0.4, 0.5) is 0 Å². The van der Waals surface area contributed by atoms with Gasteiger partial charge in [0.1, 0.15) is 16.3 Å². The minimum atomic E-state index is -3.89. The summed E-state index contributed by atoms with van der Waals surface area (Å²) < 4.78 is 22.0. The number of rotatable bonds is 2. The molecule has 0 fully saturated rings. The van der Waals surface area contributed by atoms with Crippen molar-refractivity contribution in [1.29, 1.82) is 0 Å². The second-order valence-corrected chi connectivity index (χ2v) is 6.85. The Morgan fingerprint density at radius 1 is 1.57 bits per heavy atom. The topological polar surface area (TPSA) is 90.1 Å². The normalized spacial score (nSPS) is 13.0. The quantitative estimate of drug-likeness (QED) is 0.483. The van der Waals surface area contributed by atoms with Crippen LogP contribution in [0.5, 0.6) is 0 Å². The summed E-state index contributed by atoms with van der Waals surface area (Å²) >= 11 is 0. The average Bonchev–Trinajstić information content (AvgIpc) is 2.24. The van der Waals surface area contributed by atoms with Gasteiger partial charge in [-0.3, -0.25) is 4.79 Å². The van der Waals surface area contributed by atoms with Gasteiger partial charge >= 0.3 is 18.3 Å². The molecule has 0 bridgehead atoms. The number of ketones is 1. The maximum atomic E-state index is 11.1. The molecule has 8 heteroatoms. The number of nitrogens with zero attached hydrogens (tertiary/aromatic N) is 1. The Labute approximate surface area is 88.4 Å². The zero-order valence-electron chi connectivity index (χ0n) is 7.44. The van der Waals surface area contributed by atoms with Crippen molar-refractivity contribution < 1.29 is 13.2 Å². The number of Topliss-reactive ketones (excluding diaryl/α,β-unsaturated/α-hetero) is 1. The first-order valence-electron chi connectivity index (χ1n) is 3.49. The molecule has 2 N–H and O–H groups in total. The Morgan fingerprint density at radius 2 is 2.07 bits per heavy atom. The Morgan fingerprint density at radius 3 is 2.29 bits per heavy atom. The summed E-state index contributed by atoms with van der Waals surface area (Å²) in [6.45, 7) is 2.74. The first kappa shape index (κ1) is 11.6. The van der Waals surface area contributed by atoms with Crippen LogP contribution in [0.2, 0.25) is 0 Å². The molecule has 0 aromatic carbocycles. The van der Waals surface area contributed by atoms with Crippen LogP contribution in [0, 0.1) is 6.92 Å². The smallest absolute Gasteiger partial charge is 0.287 e. The molecule has 0 aliphatic carbocycles. The maximum absolute atomic E-state index is 11.1. The second kappa shape index (κ2) is 3.58. The summed E-state index contributed by atoms with van der Waals surface area (Å²) in [6.07, 6.45) is 0. The Bertz CT molecular complexity index is 491. The van der Waals surface area contributed by atoms with Gasteiger partial charge in [-0.05, 0) is 6.92 Å². The molecule has 1 heterocycles. The van der Waals surface area contributed by atoms with E-state index in [1.807, 2.05) is 0 Å². The van der Waals surface area contributed by atoms with Gasteiger partial charge in [0.2, 0.25) is 5.78 Å². The molecule has 0 saturated carbocycles. The minimum Gasteiger partial charge on any atom is -0.287 e. The van der Waals surface area contributed by atoms with Gasteiger partial charge in [-0.1, -0.05) is 0 Å². The SMILES string of the molecule is CC(=O)c1nc(C)c(S(=O)(=O)Cl)[s+]1N. The summed E-state index contributed by atoms with van der Waals surface area (Å²) in [5.74, 6) is -0.342. The van der Waals surface area contributed by atoms with Crippen molar-refractivity contribution in [3.05, 3.63) is 10.7 Å². The van der Waals surface area contributed by atoms with Gasteiger partial charge < -0.3 is 0 Å². The molecule has 1 rings (SSSR count). The number of aryl methyl sites for hydroxylation is 1. The highest BCUT2D eigenvalue weighted by atomic mass is 35.7. The lowest BCUT2D eigenvalue weighted by Gasteiger charge is -1.85. The lowest BCUT2D eigenvalue weighted by molar-refractivity contribution is 0.101. The van der Waals surface area contributed by atoms with Crippen LogP contribution < -0.4 is 5.14 Å². The molecule has 1 unspecified atom stereocenters. The number of hydrogen-bond donors (Lipinski definition) is 1. The van der Waals surface area contributed by atoms with E-state index >= 15 is 0 Å². The van der Waals surface area contributed by atoms with Gasteiger partial charge in [0.15, 0.2) is 0 Å². The van der Waals surface area contributed by atoms with E-state index in [4.69, 9.17) is 15.8 Å². The van der Waals surface area contributed by atoms with Crippen molar-refractivity contribution in [2.75, 3.05) is 5.14 Å². The fourth-order valence-electron chi connectivity index (χ4n) is 1.01. The van der Waals surface area contributed by atoms with Crippen molar-refractivity contribution in [2.24, 2.45) is 0 Å². The minimum absolute atomic E-state index is 0.0572. The van der Waals surface area contributed by atoms with Gasteiger partial charge in [0.05, 0.1) is 0 Å². The van der Waals surface area contributed by atoms with Gasteiger partial charge in [-0.15, -0.1) is 5.14 Å². The van der Waals surface area contributed by atoms with E-state index in [0.29, 0.717) is 0 Å². The molecule has 0 spiro atoms. The zero-order chi connectivity index (χ0) is 11.1. The van der Waals surface area contributed by atoms with Crippen LogP contribution in [0.1, 0.15) is 22.4 Å². The van der Waals surface area contributed by atoms with Crippen LogP contribution in [-0.4, -0.2) is 19.2 Å². The molecule has 14 heavy (non-hydrogen) atoms. The predicted molar refractivity (Wildman–Crippen MR) is 54.6 cm³/mol. The first-order chi connectivity index (χ1) is 6.25. The Kier molecular flexibility index (Phi) is 2.96. The highest BCUT2D eigenvalue weighted by molar-refractivity contribution is 8.15. The molecular formula is C6H8ClN2O3S2+. The highest BCUT2D eigenvalue weighted by Crippen LogP contribution is 2.32. The van der Waals surface area contributed by atoms with Crippen LogP contribution in [0.25, 0.3) is 0 Å². The fraction of sp³-hybridized carbons (Fsp3) is 0.333. The van der Waals surface area contributed by atoms with Crippen molar-refractivity contribution in [3.63, 3.8) is 0 Å². The molecule has 0 amide bonds. The van der Waals surface area contributed by atoms with E-state index < -0.39 is 19.7 Å². The standard InChI is InChI=1S/C6H8ClN2O3S2/c1-3-6(14(7,11)12)13(8)5(9-3)4(2)10/h8H2,1-2H3/q+1. The lowest BCUT2D eigenvalue weighted by atomic mass is 10.5. The number of aromatic nitrogens is 1. The number of nitrogen functional groups attached to an aromatic ring is 1. The summed E-state index contributed by atoms with van der Waals surface area (Å²) in [5, 5.41) is 5.61. The van der Waals surface area contributed by atoms with Crippen LogP contribution >= 0.6 is 21.3 Å². The van der Waals surface area contributed by atoms with E-state index in [1.54, 1.807) is 0 Å². The third-order valence-electron chi connectivity index (χ3n) is 1.50. The highest BCUT2D eigenvalue weighted by Gasteiger charge is 2.35. The van der Waals surface area contributed by atoms with Crippen molar-refractivity contribution >= 4 is 36.2 Å². The largest absolute Gasteiger partial charge is 0.332 e. The van der Waals surface area contributed by atoms with E-state index in [1.165, 1.54) is 13.8 Å². The van der Waals surface area contributed by atoms with Gasteiger partial charge in [0, 0.05) is 17.6 Å². The molecular weight excluding hydrogens is 248 g/mol. The van der Waals surface area contributed by atoms with Crippen LogP contribution in [0.15, 0.2) is 4.21 Å². The second-order valence-electron chi connectivity index (χ2n) is 2.62. The van der Waals surface area contributed by atoms with Crippen molar-refractivity contribution in [3.8, 4) is 0 Å². The summed E-state index contributed by atoms with van der Waals surface area (Å²) in [5.41, 5.74) is 0.191. The van der Waals surface area contributed by atoms with E-state index in [9.17, 15) is 13.2 Å². The third kappa shape index (κ3) is 1.95. The predicted octanol–water partition coefficient (Wildman–Crippen LogP) is 0.983. The third-order valence-corrected chi connectivity index (χ3v) is 5.66.